The fraction of sp³-hybridized carbons (Fsp3) is 0.500. The summed E-state index contributed by atoms with van der Waals surface area (Å²) in [5.74, 6) is -0.0514. The molecule has 0 bridgehead atoms. The highest BCUT2D eigenvalue weighted by Crippen LogP contribution is 2.11. The van der Waals surface area contributed by atoms with Gasteiger partial charge in [-0.25, -0.2) is 12.7 Å². The predicted molar refractivity (Wildman–Crippen MR) is 81.1 cm³/mol. The Kier molecular flexibility index (Phi) is 5.33. The molecule has 0 radical (unpaired) electrons. The molecular formula is C14H21N3O3S. The molecule has 1 aliphatic rings. The quantitative estimate of drug-likeness (QED) is 0.755. The molecule has 1 aliphatic heterocycles. The van der Waals surface area contributed by atoms with Gasteiger partial charge in [-0.1, -0.05) is 30.3 Å². The van der Waals surface area contributed by atoms with E-state index in [1.807, 2.05) is 30.3 Å². The van der Waals surface area contributed by atoms with Crippen LogP contribution in [-0.2, 0) is 21.2 Å². The van der Waals surface area contributed by atoms with Crippen LogP contribution in [0.2, 0.25) is 0 Å². The zero-order valence-corrected chi connectivity index (χ0v) is 12.7. The molecule has 1 amide bonds. The molecule has 1 aromatic rings. The molecule has 1 atom stereocenters. The van der Waals surface area contributed by atoms with Gasteiger partial charge in [0, 0.05) is 19.6 Å². The monoisotopic (exact) mass is 311 g/mol. The van der Waals surface area contributed by atoms with Crippen LogP contribution in [0.5, 0.6) is 0 Å². The van der Waals surface area contributed by atoms with Gasteiger partial charge in [0.2, 0.25) is 15.9 Å². The van der Waals surface area contributed by atoms with E-state index < -0.39 is 16.1 Å². The van der Waals surface area contributed by atoms with Crippen molar-refractivity contribution in [3.63, 3.8) is 0 Å². The smallest absolute Gasteiger partial charge is 0.237 e. The van der Waals surface area contributed by atoms with E-state index in [2.05, 4.69) is 5.32 Å². The topological polar surface area (TPSA) is 92.5 Å². The first-order valence-corrected chi connectivity index (χ1v) is 8.65. The molecule has 1 aromatic carbocycles. The number of hydrogen-bond acceptors (Lipinski definition) is 4. The van der Waals surface area contributed by atoms with Crippen LogP contribution in [0.1, 0.15) is 12.0 Å². The molecule has 1 heterocycles. The van der Waals surface area contributed by atoms with Gasteiger partial charge in [-0.3, -0.25) is 4.79 Å². The second-order valence-corrected chi connectivity index (χ2v) is 7.24. The van der Waals surface area contributed by atoms with Crippen LogP contribution < -0.4 is 11.1 Å². The van der Waals surface area contributed by atoms with Gasteiger partial charge in [0.1, 0.15) is 0 Å². The number of amides is 1. The Balaban J connectivity index is 1.74. The number of sulfonamides is 1. The highest BCUT2D eigenvalue weighted by Gasteiger charge is 2.27. The van der Waals surface area contributed by atoms with Gasteiger partial charge in [0.05, 0.1) is 11.8 Å². The zero-order valence-electron chi connectivity index (χ0n) is 11.9. The molecule has 6 nitrogen and oxygen atoms in total. The average molecular weight is 311 g/mol. The summed E-state index contributed by atoms with van der Waals surface area (Å²) in [6.45, 7) is 1.14. The zero-order chi connectivity index (χ0) is 15.3. The summed E-state index contributed by atoms with van der Waals surface area (Å²) in [5.41, 5.74) is 6.85. The van der Waals surface area contributed by atoms with Gasteiger partial charge in [0.15, 0.2) is 0 Å². The van der Waals surface area contributed by atoms with Crippen LogP contribution in [0.25, 0.3) is 0 Å². The fourth-order valence-corrected chi connectivity index (χ4v) is 3.87. The number of benzene rings is 1. The highest BCUT2D eigenvalue weighted by atomic mass is 32.2. The molecule has 2 rings (SSSR count). The van der Waals surface area contributed by atoms with Crippen molar-refractivity contribution in [1.82, 2.24) is 9.62 Å². The van der Waals surface area contributed by atoms with Gasteiger partial charge in [-0.2, -0.15) is 0 Å². The minimum atomic E-state index is -3.10. The molecular weight excluding hydrogens is 290 g/mol. The van der Waals surface area contributed by atoms with Crippen molar-refractivity contribution >= 4 is 15.9 Å². The Morgan fingerprint density at radius 2 is 2.05 bits per heavy atom. The maximum absolute atomic E-state index is 11.9. The third-order valence-electron chi connectivity index (χ3n) is 3.50. The van der Waals surface area contributed by atoms with Crippen molar-refractivity contribution in [1.29, 1.82) is 0 Å². The van der Waals surface area contributed by atoms with Gasteiger partial charge in [-0.15, -0.1) is 0 Å². The lowest BCUT2D eigenvalue weighted by atomic mass is 10.1. The summed E-state index contributed by atoms with van der Waals surface area (Å²) in [4.78, 5) is 11.9. The van der Waals surface area contributed by atoms with E-state index >= 15 is 0 Å². The van der Waals surface area contributed by atoms with Crippen molar-refractivity contribution in [3.05, 3.63) is 35.9 Å². The van der Waals surface area contributed by atoms with Crippen LogP contribution in [0, 0.1) is 0 Å². The van der Waals surface area contributed by atoms with Crippen LogP contribution in [0.4, 0.5) is 0 Å². The third kappa shape index (κ3) is 4.52. The number of nitrogens with one attached hydrogen (secondary N) is 1. The number of carbonyl (C=O) groups excluding carboxylic acids is 1. The van der Waals surface area contributed by atoms with Crippen molar-refractivity contribution < 1.29 is 13.2 Å². The molecule has 1 saturated heterocycles. The summed E-state index contributed by atoms with van der Waals surface area (Å²) < 4.78 is 24.6. The van der Waals surface area contributed by atoms with Gasteiger partial charge in [-0.05, 0) is 18.4 Å². The second kappa shape index (κ2) is 7.02. The standard InChI is InChI=1S/C14H21N3O3S/c15-13(11-12-5-2-1-3-6-12)14(18)16-7-9-17-8-4-10-21(17,19)20/h1-3,5-6,13H,4,7-11,15H2,(H,16,18)/t13-/m0/s1. The first-order chi connectivity index (χ1) is 9.99. The summed E-state index contributed by atoms with van der Waals surface area (Å²) in [6, 6.07) is 8.93. The SMILES string of the molecule is N[C@@H](Cc1ccccc1)C(=O)NCCN1CCCS1(=O)=O. The number of hydrogen-bond donors (Lipinski definition) is 2. The van der Waals surface area contributed by atoms with E-state index in [0.29, 0.717) is 32.5 Å². The average Bonchev–Trinajstić information content (AvgIpc) is 2.79. The number of rotatable bonds is 6. The summed E-state index contributed by atoms with van der Waals surface area (Å²) in [7, 11) is -3.10. The van der Waals surface area contributed by atoms with E-state index in [1.165, 1.54) is 4.31 Å². The molecule has 0 aromatic heterocycles. The largest absolute Gasteiger partial charge is 0.353 e. The van der Waals surface area contributed by atoms with Gasteiger partial charge in [0.25, 0.3) is 0 Å². The van der Waals surface area contributed by atoms with E-state index in [0.717, 1.165) is 5.56 Å². The third-order valence-corrected chi connectivity index (χ3v) is 5.46. The minimum absolute atomic E-state index is 0.203. The van der Waals surface area contributed by atoms with E-state index in [1.54, 1.807) is 0 Å². The second-order valence-electron chi connectivity index (χ2n) is 5.16. The molecule has 0 aliphatic carbocycles. The normalized spacial score (nSPS) is 19.3. The van der Waals surface area contributed by atoms with Crippen LogP contribution in [0.15, 0.2) is 30.3 Å². The molecule has 21 heavy (non-hydrogen) atoms. The first-order valence-electron chi connectivity index (χ1n) is 7.04. The van der Waals surface area contributed by atoms with Gasteiger partial charge >= 0.3 is 0 Å². The summed E-state index contributed by atoms with van der Waals surface area (Å²) in [6.07, 6.45) is 1.12. The molecule has 1 fully saturated rings. The van der Waals surface area contributed by atoms with E-state index in [9.17, 15) is 13.2 Å². The Morgan fingerprint density at radius 1 is 1.33 bits per heavy atom. The summed E-state index contributed by atoms with van der Waals surface area (Å²) in [5, 5.41) is 2.70. The highest BCUT2D eigenvalue weighted by molar-refractivity contribution is 7.89. The van der Waals surface area contributed by atoms with Crippen molar-refractivity contribution in [2.24, 2.45) is 5.73 Å². The Hall–Kier alpha value is -1.44. The van der Waals surface area contributed by atoms with Gasteiger partial charge < -0.3 is 11.1 Å². The van der Waals surface area contributed by atoms with E-state index in [4.69, 9.17) is 5.73 Å². The van der Waals surface area contributed by atoms with Crippen LogP contribution >= 0.6 is 0 Å². The van der Waals surface area contributed by atoms with E-state index in [-0.39, 0.29) is 11.7 Å². The first kappa shape index (κ1) is 15.9. The Morgan fingerprint density at radius 3 is 2.67 bits per heavy atom. The van der Waals surface area contributed by atoms with Crippen molar-refractivity contribution in [2.75, 3.05) is 25.4 Å². The van der Waals surface area contributed by atoms with Crippen molar-refractivity contribution in [2.45, 2.75) is 18.9 Å². The maximum Gasteiger partial charge on any atom is 0.237 e. The summed E-state index contributed by atoms with van der Waals surface area (Å²) >= 11 is 0. The minimum Gasteiger partial charge on any atom is -0.353 e. The lowest BCUT2D eigenvalue weighted by Crippen LogP contribution is -2.44. The fourth-order valence-electron chi connectivity index (χ4n) is 2.34. The molecule has 7 heteroatoms. The molecule has 116 valence electrons. The molecule has 0 saturated carbocycles. The lowest BCUT2D eigenvalue weighted by molar-refractivity contribution is -0.122. The predicted octanol–water partition coefficient (Wildman–Crippen LogP) is -0.292. The number of nitrogens with two attached hydrogens (primary N) is 1. The van der Waals surface area contributed by atoms with Crippen molar-refractivity contribution in [3.8, 4) is 0 Å². The Labute approximate surface area is 125 Å². The molecule has 3 N–H and O–H groups in total. The molecule has 0 unspecified atom stereocenters. The lowest BCUT2D eigenvalue weighted by Gasteiger charge is -2.16. The van der Waals surface area contributed by atoms with Crippen LogP contribution in [0.3, 0.4) is 0 Å². The van der Waals surface area contributed by atoms with Crippen LogP contribution in [-0.4, -0.2) is 50.1 Å². The maximum atomic E-state index is 11.9. The Bertz CT molecular complexity index is 574. The molecule has 0 spiro atoms. The number of carbonyl (C=O) groups is 1. The number of nitrogens with zero attached hydrogens (tertiary/aromatic N) is 1.